The van der Waals surface area contributed by atoms with E-state index in [1.165, 1.54) is 18.5 Å². The van der Waals surface area contributed by atoms with Gasteiger partial charge in [-0.1, -0.05) is 11.6 Å². The molecule has 0 amide bonds. The lowest BCUT2D eigenvalue weighted by molar-refractivity contribution is 0.0980. The largest absolute Gasteiger partial charge is 0.384 e. The Bertz CT molecular complexity index is 997. The van der Waals surface area contributed by atoms with Crippen LogP contribution in [0.1, 0.15) is 26.5 Å². The van der Waals surface area contributed by atoms with Gasteiger partial charge in [0.05, 0.1) is 35.7 Å². The molecule has 0 bridgehead atoms. The van der Waals surface area contributed by atoms with E-state index in [9.17, 15) is 8.42 Å². The molecular formula is C18H24ClN5O3S. The summed E-state index contributed by atoms with van der Waals surface area (Å²) < 4.78 is 29.1. The Kier molecular flexibility index (Phi) is 5.53. The van der Waals surface area contributed by atoms with Gasteiger partial charge < -0.3 is 15.4 Å². The second-order valence-corrected chi connectivity index (χ2v) is 10.4. The van der Waals surface area contributed by atoms with Crippen LogP contribution in [0.25, 0.3) is 11.3 Å². The Morgan fingerprint density at radius 1 is 1.32 bits per heavy atom. The van der Waals surface area contributed by atoms with E-state index in [0.717, 1.165) is 0 Å². The van der Waals surface area contributed by atoms with Crippen molar-refractivity contribution in [2.24, 2.45) is 0 Å². The summed E-state index contributed by atoms with van der Waals surface area (Å²) in [4.78, 5) is 15.4. The molecule has 10 heteroatoms. The number of anilines is 2. The van der Waals surface area contributed by atoms with Crippen molar-refractivity contribution in [1.82, 2.24) is 15.0 Å². The van der Waals surface area contributed by atoms with Crippen LogP contribution in [0.3, 0.4) is 0 Å². The number of sulfone groups is 1. The molecule has 3 rings (SSSR count). The fourth-order valence-corrected chi connectivity index (χ4v) is 3.60. The molecule has 1 aliphatic rings. The maximum Gasteiger partial charge on any atom is 0.226 e. The van der Waals surface area contributed by atoms with Crippen LogP contribution in [0.4, 0.5) is 11.8 Å². The van der Waals surface area contributed by atoms with Crippen LogP contribution in [0, 0.1) is 0 Å². The number of pyridine rings is 1. The zero-order chi connectivity index (χ0) is 20.7. The Balaban J connectivity index is 2.22. The Hall–Kier alpha value is -1.97. The van der Waals surface area contributed by atoms with Crippen LogP contribution < -0.4 is 10.6 Å². The highest BCUT2D eigenvalue weighted by atomic mass is 35.5. The standard InChI is InChI=1S/C18H24ClN5O3S/c1-11-10-27-6-5-24(11)17-22-14(12-9-21-16(20)7-13(12)19)8-15(23-17)18(2,3)28(4,25)26/h7-9,11H,5-6,10H2,1-4H3,(H2,20,21)/t11-/m1/s1. The Morgan fingerprint density at radius 2 is 2.04 bits per heavy atom. The smallest absolute Gasteiger partial charge is 0.226 e. The highest BCUT2D eigenvalue weighted by Crippen LogP contribution is 2.34. The molecule has 2 N–H and O–H groups in total. The maximum absolute atomic E-state index is 12.4. The van der Waals surface area contributed by atoms with Crippen molar-refractivity contribution in [2.75, 3.05) is 36.6 Å². The van der Waals surface area contributed by atoms with Gasteiger partial charge >= 0.3 is 0 Å². The number of nitrogen functional groups attached to an aromatic ring is 1. The number of nitrogens with two attached hydrogens (primary N) is 1. The quantitative estimate of drug-likeness (QED) is 0.793. The molecule has 8 nitrogen and oxygen atoms in total. The average molecular weight is 426 g/mol. The molecular weight excluding hydrogens is 402 g/mol. The summed E-state index contributed by atoms with van der Waals surface area (Å²) >= 11 is 6.36. The van der Waals surface area contributed by atoms with Crippen molar-refractivity contribution in [2.45, 2.75) is 31.6 Å². The summed E-state index contributed by atoms with van der Waals surface area (Å²) in [7, 11) is -3.43. The van der Waals surface area contributed by atoms with Crippen LogP contribution in [0.2, 0.25) is 5.02 Å². The molecule has 1 aliphatic heterocycles. The summed E-state index contributed by atoms with van der Waals surface area (Å²) in [6, 6.07) is 3.24. The molecule has 1 saturated heterocycles. The van der Waals surface area contributed by atoms with Gasteiger partial charge in [0.15, 0.2) is 9.84 Å². The number of rotatable bonds is 4. The zero-order valence-corrected chi connectivity index (χ0v) is 17.9. The summed E-state index contributed by atoms with van der Waals surface area (Å²) in [6.07, 6.45) is 2.73. The van der Waals surface area contributed by atoms with Gasteiger partial charge in [-0.05, 0) is 32.9 Å². The Morgan fingerprint density at radius 3 is 2.64 bits per heavy atom. The topological polar surface area (TPSA) is 111 Å². The summed E-state index contributed by atoms with van der Waals surface area (Å²) in [5.74, 6) is 0.731. The minimum absolute atomic E-state index is 0.0539. The van der Waals surface area contributed by atoms with E-state index in [-0.39, 0.29) is 6.04 Å². The number of ether oxygens (including phenoxy) is 1. The molecule has 0 unspecified atom stereocenters. The molecule has 2 aromatic heterocycles. The van der Waals surface area contributed by atoms with E-state index in [1.54, 1.807) is 19.9 Å². The van der Waals surface area contributed by atoms with Gasteiger partial charge in [0, 0.05) is 24.6 Å². The van der Waals surface area contributed by atoms with E-state index < -0.39 is 14.6 Å². The molecule has 0 aliphatic carbocycles. The van der Waals surface area contributed by atoms with Crippen LogP contribution in [0.5, 0.6) is 0 Å². The first-order valence-electron chi connectivity index (χ1n) is 8.85. The van der Waals surface area contributed by atoms with Gasteiger partial charge in [-0.15, -0.1) is 0 Å². The molecule has 28 heavy (non-hydrogen) atoms. The van der Waals surface area contributed by atoms with Gasteiger partial charge in [-0.25, -0.2) is 23.4 Å². The fraction of sp³-hybridized carbons (Fsp3) is 0.500. The normalized spacial score (nSPS) is 18.3. The van der Waals surface area contributed by atoms with Crippen LogP contribution in [0.15, 0.2) is 18.3 Å². The predicted molar refractivity (Wildman–Crippen MR) is 110 cm³/mol. The first-order chi connectivity index (χ1) is 13.0. The molecule has 0 aromatic carbocycles. The van der Waals surface area contributed by atoms with Crippen LogP contribution in [-0.4, -0.2) is 55.4 Å². The van der Waals surface area contributed by atoms with E-state index in [1.807, 2.05) is 11.8 Å². The van der Waals surface area contributed by atoms with Gasteiger partial charge in [-0.3, -0.25) is 0 Å². The molecule has 1 fully saturated rings. The summed E-state index contributed by atoms with van der Waals surface area (Å²) in [5.41, 5.74) is 7.14. The predicted octanol–water partition coefficient (Wildman–Crippen LogP) is 2.28. The van der Waals surface area contributed by atoms with Gasteiger partial charge in [0.2, 0.25) is 5.95 Å². The molecule has 2 aromatic rings. The van der Waals surface area contributed by atoms with Crippen molar-refractivity contribution in [3.8, 4) is 11.3 Å². The SMILES string of the molecule is C[C@@H]1COCCN1c1nc(-c2cnc(N)cc2Cl)cc(C(C)(C)S(C)(=O)=O)n1. The molecule has 3 heterocycles. The first kappa shape index (κ1) is 20.8. The minimum Gasteiger partial charge on any atom is -0.384 e. The number of nitrogens with zero attached hydrogens (tertiary/aromatic N) is 4. The zero-order valence-electron chi connectivity index (χ0n) is 16.3. The van der Waals surface area contributed by atoms with Gasteiger partial charge in [-0.2, -0.15) is 0 Å². The number of hydrogen-bond acceptors (Lipinski definition) is 8. The lowest BCUT2D eigenvalue weighted by Crippen LogP contribution is -2.45. The van der Waals surface area contributed by atoms with E-state index in [0.29, 0.717) is 53.5 Å². The molecule has 1 atom stereocenters. The summed E-state index contributed by atoms with van der Waals surface area (Å²) in [6.45, 7) is 6.97. The van der Waals surface area contributed by atoms with Crippen LogP contribution in [-0.2, 0) is 19.3 Å². The van der Waals surface area contributed by atoms with Crippen molar-refractivity contribution < 1.29 is 13.2 Å². The van der Waals surface area contributed by atoms with Crippen molar-refractivity contribution in [1.29, 1.82) is 0 Å². The number of aromatic nitrogens is 3. The van der Waals surface area contributed by atoms with Crippen molar-refractivity contribution >= 4 is 33.2 Å². The minimum atomic E-state index is -3.43. The fourth-order valence-electron chi connectivity index (χ4n) is 2.86. The summed E-state index contributed by atoms with van der Waals surface area (Å²) in [5, 5.41) is 0.385. The Labute approximate surface area is 170 Å². The third-order valence-corrected chi connectivity index (χ3v) is 7.41. The van der Waals surface area contributed by atoms with Crippen LogP contribution >= 0.6 is 11.6 Å². The lowest BCUT2D eigenvalue weighted by atomic mass is 10.1. The molecule has 0 spiro atoms. The second kappa shape index (κ2) is 7.46. The van der Waals surface area contributed by atoms with Gasteiger partial charge in [0.1, 0.15) is 10.6 Å². The number of halogens is 1. The number of morpholine rings is 1. The molecule has 152 valence electrons. The third-order valence-electron chi connectivity index (χ3n) is 5.03. The highest BCUT2D eigenvalue weighted by molar-refractivity contribution is 7.91. The monoisotopic (exact) mass is 425 g/mol. The number of hydrogen-bond donors (Lipinski definition) is 1. The van der Waals surface area contributed by atoms with Crippen molar-refractivity contribution in [3.05, 3.63) is 29.0 Å². The van der Waals surface area contributed by atoms with Crippen molar-refractivity contribution in [3.63, 3.8) is 0 Å². The average Bonchev–Trinajstić information content (AvgIpc) is 2.60. The lowest BCUT2D eigenvalue weighted by Gasteiger charge is -2.34. The maximum atomic E-state index is 12.4. The van der Waals surface area contributed by atoms with E-state index >= 15 is 0 Å². The van der Waals surface area contributed by atoms with Gasteiger partial charge in [0.25, 0.3) is 0 Å². The molecule has 0 saturated carbocycles. The first-order valence-corrected chi connectivity index (χ1v) is 11.1. The molecule has 0 radical (unpaired) electrons. The second-order valence-electron chi connectivity index (χ2n) is 7.43. The van der Waals surface area contributed by atoms with E-state index in [2.05, 4.69) is 15.0 Å². The third kappa shape index (κ3) is 3.92. The van der Waals surface area contributed by atoms with E-state index in [4.69, 9.17) is 22.1 Å². The highest BCUT2D eigenvalue weighted by Gasteiger charge is 2.36.